The molecule has 0 aromatic heterocycles. The van der Waals surface area contributed by atoms with Crippen molar-refractivity contribution in [2.24, 2.45) is 11.7 Å². The van der Waals surface area contributed by atoms with E-state index in [4.69, 9.17) is 5.73 Å². The number of rotatable bonds is 4. The number of hydrogen-bond donors (Lipinski definition) is 3. The molecule has 3 rings (SSSR count). The largest absolute Gasteiger partial charge is 0.336 e. The molecule has 1 aliphatic heterocycles. The first kappa shape index (κ1) is 13.9. The Hall–Kier alpha value is -2.08. The number of carbonyl (C=O) groups excluding carboxylic acids is 2. The van der Waals surface area contributed by atoms with Crippen LogP contribution >= 0.6 is 0 Å². The summed E-state index contributed by atoms with van der Waals surface area (Å²) in [4.78, 5) is 25.6. The first-order valence-electron chi connectivity index (χ1n) is 7.24. The quantitative estimate of drug-likeness (QED) is 0.780. The fourth-order valence-corrected chi connectivity index (χ4v) is 2.60. The Morgan fingerprint density at radius 1 is 1.48 bits per heavy atom. The van der Waals surface area contributed by atoms with E-state index in [1.165, 1.54) is 0 Å². The van der Waals surface area contributed by atoms with Crippen LogP contribution in [0.25, 0.3) is 0 Å². The van der Waals surface area contributed by atoms with E-state index in [-0.39, 0.29) is 17.9 Å². The van der Waals surface area contributed by atoms with Crippen LogP contribution in [-0.4, -0.2) is 30.6 Å². The zero-order valence-corrected chi connectivity index (χ0v) is 12.1. The molecule has 1 unspecified atom stereocenters. The van der Waals surface area contributed by atoms with E-state index in [9.17, 15) is 9.59 Å². The standard InChI is InChI=1S/C15H20N4O2/c1-15(16,10-5-6-10)13(20)18-11-3-2-4-12(9-11)19-8-7-17-14(19)21/h2-4,9-10H,5-8,16H2,1H3,(H,17,21)(H,18,20). The summed E-state index contributed by atoms with van der Waals surface area (Å²) in [7, 11) is 0. The maximum atomic E-state index is 12.3. The number of nitrogens with zero attached hydrogens (tertiary/aromatic N) is 1. The SMILES string of the molecule is CC(N)(C(=O)Nc1cccc(N2CCNC2=O)c1)C1CC1. The Morgan fingerprint density at radius 2 is 2.24 bits per heavy atom. The van der Waals surface area contributed by atoms with Gasteiger partial charge in [-0.1, -0.05) is 6.07 Å². The number of nitrogens with two attached hydrogens (primary N) is 1. The molecule has 1 heterocycles. The van der Waals surface area contributed by atoms with Crippen molar-refractivity contribution in [3.8, 4) is 0 Å². The number of anilines is 2. The number of hydrogen-bond acceptors (Lipinski definition) is 3. The van der Waals surface area contributed by atoms with Crippen molar-refractivity contribution >= 4 is 23.3 Å². The summed E-state index contributed by atoms with van der Waals surface area (Å²) < 4.78 is 0. The molecule has 6 heteroatoms. The van der Waals surface area contributed by atoms with Crippen LogP contribution in [0.5, 0.6) is 0 Å². The van der Waals surface area contributed by atoms with Gasteiger partial charge in [-0.3, -0.25) is 9.69 Å². The predicted octanol–water partition coefficient (Wildman–Crippen LogP) is 1.28. The lowest BCUT2D eigenvalue weighted by Crippen LogP contribution is -2.50. The first-order chi connectivity index (χ1) is 9.98. The number of nitrogens with one attached hydrogen (secondary N) is 2. The molecular formula is C15H20N4O2. The summed E-state index contributed by atoms with van der Waals surface area (Å²) in [6.07, 6.45) is 2.02. The third kappa shape index (κ3) is 2.71. The molecule has 0 radical (unpaired) electrons. The lowest BCUT2D eigenvalue weighted by Gasteiger charge is -2.23. The lowest BCUT2D eigenvalue weighted by atomic mass is 9.96. The molecule has 3 amide bonds. The van der Waals surface area contributed by atoms with Crippen molar-refractivity contribution in [1.82, 2.24) is 5.32 Å². The molecule has 0 bridgehead atoms. The predicted molar refractivity (Wildman–Crippen MR) is 81.1 cm³/mol. The van der Waals surface area contributed by atoms with Crippen LogP contribution in [0.15, 0.2) is 24.3 Å². The summed E-state index contributed by atoms with van der Waals surface area (Å²) in [5.74, 6) is 0.0954. The average molecular weight is 288 g/mol. The van der Waals surface area contributed by atoms with Gasteiger partial charge in [0.05, 0.1) is 5.54 Å². The van der Waals surface area contributed by atoms with Gasteiger partial charge in [0.1, 0.15) is 0 Å². The Bertz CT molecular complexity index is 581. The fraction of sp³-hybridized carbons (Fsp3) is 0.467. The van der Waals surface area contributed by atoms with Gasteiger partial charge in [-0.05, 0) is 43.9 Å². The van der Waals surface area contributed by atoms with Crippen LogP contribution in [0, 0.1) is 5.92 Å². The second-order valence-corrected chi connectivity index (χ2v) is 5.94. The maximum Gasteiger partial charge on any atom is 0.321 e. The molecule has 6 nitrogen and oxygen atoms in total. The smallest absolute Gasteiger partial charge is 0.321 e. The molecular weight excluding hydrogens is 268 g/mol. The fourth-order valence-electron chi connectivity index (χ4n) is 2.60. The molecule has 1 aromatic carbocycles. The van der Waals surface area contributed by atoms with Gasteiger partial charge in [0.2, 0.25) is 5.91 Å². The van der Waals surface area contributed by atoms with Crippen molar-refractivity contribution in [2.75, 3.05) is 23.3 Å². The molecule has 112 valence electrons. The molecule has 1 aromatic rings. The van der Waals surface area contributed by atoms with Crippen molar-refractivity contribution in [1.29, 1.82) is 0 Å². The first-order valence-corrected chi connectivity index (χ1v) is 7.24. The molecule has 2 fully saturated rings. The number of urea groups is 1. The Morgan fingerprint density at radius 3 is 2.86 bits per heavy atom. The van der Waals surface area contributed by atoms with Gasteiger partial charge in [-0.15, -0.1) is 0 Å². The van der Waals surface area contributed by atoms with Gasteiger partial charge < -0.3 is 16.4 Å². The van der Waals surface area contributed by atoms with Gasteiger partial charge in [-0.2, -0.15) is 0 Å². The summed E-state index contributed by atoms with van der Waals surface area (Å²) in [6, 6.07) is 7.16. The van der Waals surface area contributed by atoms with E-state index in [1.807, 2.05) is 12.1 Å². The highest BCUT2D eigenvalue weighted by Gasteiger charge is 2.44. The minimum atomic E-state index is -0.832. The number of benzene rings is 1. The van der Waals surface area contributed by atoms with Gasteiger partial charge in [-0.25, -0.2) is 4.79 Å². The second-order valence-electron chi connectivity index (χ2n) is 5.94. The monoisotopic (exact) mass is 288 g/mol. The molecule has 0 spiro atoms. The van der Waals surface area contributed by atoms with E-state index in [0.29, 0.717) is 18.8 Å². The Kier molecular flexibility index (Phi) is 3.33. The topological polar surface area (TPSA) is 87.5 Å². The van der Waals surface area contributed by atoms with E-state index in [2.05, 4.69) is 10.6 Å². The zero-order valence-electron chi connectivity index (χ0n) is 12.1. The average Bonchev–Trinajstić information content (AvgIpc) is 3.22. The van der Waals surface area contributed by atoms with E-state index in [1.54, 1.807) is 24.0 Å². The molecule has 1 aliphatic carbocycles. The minimum Gasteiger partial charge on any atom is -0.336 e. The Labute approximate surface area is 123 Å². The normalized spacial score (nSPS) is 20.9. The van der Waals surface area contributed by atoms with Crippen LogP contribution in [0.1, 0.15) is 19.8 Å². The molecule has 4 N–H and O–H groups in total. The van der Waals surface area contributed by atoms with Gasteiger partial charge in [0.25, 0.3) is 0 Å². The third-order valence-corrected chi connectivity index (χ3v) is 4.19. The third-order valence-electron chi connectivity index (χ3n) is 4.19. The lowest BCUT2D eigenvalue weighted by molar-refractivity contribution is -0.121. The van der Waals surface area contributed by atoms with E-state index < -0.39 is 5.54 Å². The van der Waals surface area contributed by atoms with Gasteiger partial charge in [0.15, 0.2) is 0 Å². The maximum absolute atomic E-state index is 12.3. The molecule has 2 aliphatic rings. The summed E-state index contributed by atoms with van der Waals surface area (Å²) in [5, 5.41) is 5.62. The highest BCUT2D eigenvalue weighted by atomic mass is 16.2. The van der Waals surface area contributed by atoms with Gasteiger partial charge in [0, 0.05) is 24.5 Å². The number of carbonyl (C=O) groups is 2. The van der Waals surface area contributed by atoms with Crippen molar-refractivity contribution in [2.45, 2.75) is 25.3 Å². The van der Waals surface area contributed by atoms with E-state index >= 15 is 0 Å². The van der Waals surface area contributed by atoms with Gasteiger partial charge >= 0.3 is 6.03 Å². The molecule has 1 saturated carbocycles. The summed E-state index contributed by atoms with van der Waals surface area (Å²) >= 11 is 0. The van der Waals surface area contributed by atoms with Crippen molar-refractivity contribution < 1.29 is 9.59 Å². The molecule has 1 atom stereocenters. The van der Waals surface area contributed by atoms with Crippen molar-refractivity contribution in [3.05, 3.63) is 24.3 Å². The van der Waals surface area contributed by atoms with Crippen LogP contribution in [0.4, 0.5) is 16.2 Å². The highest BCUT2D eigenvalue weighted by Crippen LogP contribution is 2.38. The van der Waals surface area contributed by atoms with Crippen LogP contribution in [0.3, 0.4) is 0 Å². The second kappa shape index (κ2) is 5.04. The number of amides is 3. The van der Waals surface area contributed by atoms with E-state index in [0.717, 1.165) is 18.5 Å². The molecule has 1 saturated heterocycles. The van der Waals surface area contributed by atoms with Crippen LogP contribution in [-0.2, 0) is 4.79 Å². The Balaban J connectivity index is 1.74. The van der Waals surface area contributed by atoms with Crippen LogP contribution < -0.4 is 21.3 Å². The summed E-state index contributed by atoms with van der Waals surface area (Å²) in [5.41, 5.74) is 6.71. The highest BCUT2D eigenvalue weighted by molar-refractivity contribution is 5.99. The minimum absolute atomic E-state index is 0.111. The summed E-state index contributed by atoms with van der Waals surface area (Å²) in [6.45, 7) is 3.04. The molecule has 21 heavy (non-hydrogen) atoms. The zero-order chi connectivity index (χ0) is 15.0. The van der Waals surface area contributed by atoms with Crippen molar-refractivity contribution in [3.63, 3.8) is 0 Å². The van der Waals surface area contributed by atoms with Crippen LogP contribution in [0.2, 0.25) is 0 Å².